The van der Waals surface area contributed by atoms with Crippen molar-refractivity contribution in [3.63, 3.8) is 0 Å². The van der Waals surface area contributed by atoms with E-state index in [4.69, 9.17) is 16.6 Å². The number of para-hydroxylation sites is 1. The van der Waals surface area contributed by atoms with Crippen molar-refractivity contribution in [3.8, 4) is 10.7 Å². The molecule has 0 aliphatic heterocycles. The van der Waals surface area contributed by atoms with Gasteiger partial charge in [-0.1, -0.05) is 29.8 Å². The fraction of sp³-hybridized carbons (Fsp3) is 0.0556. The fourth-order valence-electron chi connectivity index (χ4n) is 2.45. The van der Waals surface area contributed by atoms with Crippen LogP contribution >= 0.6 is 22.9 Å². The highest BCUT2D eigenvalue weighted by Gasteiger charge is 2.12. The standard InChI is InChI=1S/C18H13ClN4S/c19-14-7-9-24-16(14)18-22-15-6-2-1-5-13(15)17(23-18)21-11-12-4-3-8-20-10-12/h1-10H,11H2,(H,21,22,23). The number of nitrogens with one attached hydrogen (secondary N) is 1. The fourth-order valence-corrected chi connectivity index (χ4v) is 3.53. The first-order valence-corrected chi connectivity index (χ1v) is 8.70. The molecule has 0 atom stereocenters. The van der Waals surface area contributed by atoms with Crippen LogP contribution in [0.3, 0.4) is 0 Å². The van der Waals surface area contributed by atoms with Gasteiger partial charge in [-0.2, -0.15) is 0 Å². The van der Waals surface area contributed by atoms with Crippen LogP contribution in [-0.4, -0.2) is 15.0 Å². The van der Waals surface area contributed by atoms with Gasteiger partial charge in [0.2, 0.25) is 0 Å². The summed E-state index contributed by atoms with van der Waals surface area (Å²) in [5.41, 5.74) is 1.98. The van der Waals surface area contributed by atoms with Crippen LogP contribution in [0.4, 0.5) is 5.82 Å². The van der Waals surface area contributed by atoms with Gasteiger partial charge in [-0.05, 0) is 35.2 Å². The van der Waals surface area contributed by atoms with Gasteiger partial charge >= 0.3 is 0 Å². The monoisotopic (exact) mass is 352 g/mol. The number of hydrogen-bond donors (Lipinski definition) is 1. The van der Waals surface area contributed by atoms with E-state index in [0.29, 0.717) is 17.4 Å². The maximum Gasteiger partial charge on any atom is 0.173 e. The minimum atomic E-state index is 0.641. The summed E-state index contributed by atoms with van der Waals surface area (Å²) in [5.74, 6) is 1.44. The second-order valence-electron chi connectivity index (χ2n) is 5.23. The third-order valence-electron chi connectivity index (χ3n) is 3.61. The van der Waals surface area contributed by atoms with E-state index < -0.39 is 0 Å². The molecule has 0 radical (unpaired) electrons. The molecule has 4 nitrogen and oxygen atoms in total. The number of aromatic nitrogens is 3. The molecule has 3 aromatic heterocycles. The molecule has 0 bridgehead atoms. The summed E-state index contributed by atoms with van der Waals surface area (Å²) in [7, 11) is 0. The lowest BCUT2D eigenvalue weighted by Gasteiger charge is -2.10. The van der Waals surface area contributed by atoms with Crippen molar-refractivity contribution in [2.45, 2.75) is 6.54 Å². The normalized spacial score (nSPS) is 10.9. The second-order valence-corrected chi connectivity index (χ2v) is 6.55. The first-order chi connectivity index (χ1) is 11.8. The lowest BCUT2D eigenvalue weighted by molar-refractivity contribution is 1.09. The second kappa shape index (κ2) is 6.55. The predicted molar refractivity (Wildman–Crippen MR) is 99.4 cm³/mol. The van der Waals surface area contributed by atoms with E-state index in [1.165, 1.54) is 11.3 Å². The number of rotatable bonds is 4. The number of halogens is 1. The Morgan fingerprint density at radius 2 is 1.96 bits per heavy atom. The maximum absolute atomic E-state index is 6.25. The zero-order valence-electron chi connectivity index (χ0n) is 12.6. The van der Waals surface area contributed by atoms with Crippen molar-refractivity contribution in [2.24, 2.45) is 0 Å². The van der Waals surface area contributed by atoms with Crippen molar-refractivity contribution in [1.29, 1.82) is 0 Å². The van der Waals surface area contributed by atoms with E-state index in [1.807, 2.05) is 54.0 Å². The zero-order valence-corrected chi connectivity index (χ0v) is 14.2. The highest BCUT2D eigenvalue weighted by Crippen LogP contribution is 2.33. The van der Waals surface area contributed by atoms with Gasteiger partial charge in [-0.15, -0.1) is 11.3 Å². The molecular formula is C18H13ClN4S. The molecule has 0 spiro atoms. The molecule has 0 saturated heterocycles. The average molecular weight is 353 g/mol. The van der Waals surface area contributed by atoms with Gasteiger partial charge in [0.15, 0.2) is 5.82 Å². The van der Waals surface area contributed by atoms with Gasteiger partial charge in [0.05, 0.1) is 15.4 Å². The Labute approximate surface area is 148 Å². The van der Waals surface area contributed by atoms with Gasteiger partial charge in [0.1, 0.15) is 5.82 Å². The minimum Gasteiger partial charge on any atom is -0.365 e. The Kier molecular flexibility index (Phi) is 4.11. The smallest absolute Gasteiger partial charge is 0.173 e. The average Bonchev–Trinajstić information content (AvgIpc) is 3.06. The third kappa shape index (κ3) is 2.96. The van der Waals surface area contributed by atoms with Crippen molar-refractivity contribution in [2.75, 3.05) is 5.32 Å². The summed E-state index contributed by atoms with van der Waals surface area (Å²) < 4.78 is 0. The molecule has 0 fully saturated rings. The van der Waals surface area contributed by atoms with Crippen molar-refractivity contribution in [1.82, 2.24) is 15.0 Å². The molecule has 6 heteroatoms. The lowest BCUT2D eigenvalue weighted by Crippen LogP contribution is -2.04. The Morgan fingerprint density at radius 3 is 2.75 bits per heavy atom. The van der Waals surface area contributed by atoms with E-state index in [0.717, 1.165) is 27.2 Å². The molecule has 1 aromatic carbocycles. The molecule has 4 aromatic rings. The number of pyridine rings is 1. The molecule has 1 N–H and O–H groups in total. The van der Waals surface area contributed by atoms with Crippen molar-refractivity contribution in [3.05, 3.63) is 70.8 Å². The van der Waals surface area contributed by atoms with Crippen LogP contribution in [0.1, 0.15) is 5.56 Å². The van der Waals surface area contributed by atoms with Gasteiger partial charge in [0, 0.05) is 24.3 Å². The van der Waals surface area contributed by atoms with Crippen LogP contribution in [0.25, 0.3) is 21.6 Å². The van der Waals surface area contributed by atoms with Crippen LogP contribution < -0.4 is 5.32 Å². The predicted octanol–water partition coefficient (Wildman–Crippen LogP) is 5.02. The van der Waals surface area contributed by atoms with Crippen LogP contribution in [0.2, 0.25) is 5.02 Å². The quantitative estimate of drug-likeness (QED) is 0.560. The first kappa shape index (κ1) is 15.1. The summed E-state index contributed by atoms with van der Waals surface area (Å²) in [6.07, 6.45) is 3.61. The highest BCUT2D eigenvalue weighted by molar-refractivity contribution is 7.14. The van der Waals surface area contributed by atoms with Crippen molar-refractivity contribution < 1.29 is 0 Å². The van der Waals surface area contributed by atoms with Gasteiger partial charge in [-0.25, -0.2) is 9.97 Å². The molecule has 0 aliphatic rings. The highest BCUT2D eigenvalue weighted by atomic mass is 35.5. The van der Waals surface area contributed by atoms with Gasteiger partial charge in [-0.3, -0.25) is 4.98 Å². The van der Waals surface area contributed by atoms with Gasteiger partial charge in [0.25, 0.3) is 0 Å². The molecule has 3 heterocycles. The lowest BCUT2D eigenvalue weighted by atomic mass is 10.2. The number of fused-ring (bicyclic) bond motifs is 1. The first-order valence-electron chi connectivity index (χ1n) is 7.44. The summed E-state index contributed by atoms with van der Waals surface area (Å²) in [5, 5.41) is 7.00. The topological polar surface area (TPSA) is 50.7 Å². The number of thiophene rings is 1. The molecule has 24 heavy (non-hydrogen) atoms. The number of benzene rings is 1. The molecule has 0 amide bonds. The maximum atomic E-state index is 6.25. The summed E-state index contributed by atoms with van der Waals surface area (Å²) >= 11 is 7.79. The van der Waals surface area contributed by atoms with Crippen LogP contribution in [0, 0.1) is 0 Å². The summed E-state index contributed by atoms with van der Waals surface area (Å²) in [6, 6.07) is 13.8. The van der Waals surface area contributed by atoms with E-state index in [1.54, 1.807) is 6.20 Å². The zero-order chi connectivity index (χ0) is 16.4. The SMILES string of the molecule is Clc1ccsc1-c1nc(NCc2cccnc2)c2ccccc2n1. The third-order valence-corrected chi connectivity index (χ3v) is 4.94. The molecule has 4 rings (SSSR count). The molecule has 0 aliphatic carbocycles. The number of anilines is 1. The molecule has 0 unspecified atom stereocenters. The molecule has 118 valence electrons. The van der Waals surface area contributed by atoms with Crippen molar-refractivity contribution >= 4 is 39.7 Å². The largest absolute Gasteiger partial charge is 0.365 e. The van der Waals surface area contributed by atoms with E-state index in [-0.39, 0.29) is 0 Å². The van der Waals surface area contributed by atoms with E-state index in [9.17, 15) is 0 Å². The molecule has 0 saturated carbocycles. The summed E-state index contributed by atoms with van der Waals surface area (Å²) in [4.78, 5) is 14.4. The molecular weight excluding hydrogens is 340 g/mol. The number of hydrogen-bond acceptors (Lipinski definition) is 5. The Hall–Kier alpha value is -2.50. The van der Waals surface area contributed by atoms with E-state index >= 15 is 0 Å². The number of nitrogens with zero attached hydrogens (tertiary/aromatic N) is 3. The van der Waals surface area contributed by atoms with Crippen LogP contribution in [0.5, 0.6) is 0 Å². The van der Waals surface area contributed by atoms with E-state index in [2.05, 4.69) is 15.3 Å². The Balaban J connectivity index is 1.76. The van der Waals surface area contributed by atoms with Gasteiger partial charge < -0.3 is 5.32 Å². The Bertz CT molecular complexity index is 985. The Morgan fingerprint density at radius 1 is 1.04 bits per heavy atom. The van der Waals surface area contributed by atoms with Crippen LogP contribution in [-0.2, 0) is 6.54 Å². The van der Waals surface area contributed by atoms with Crippen LogP contribution in [0.15, 0.2) is 60.2 Å². The minimum absolute atomic E-state index is 0.641. The summed E-state index contributed by atoms with van der Waals surface area (Å²) in [6.45, 7) is 0.645.